The van der Waals surface area contributed by atoms with Gasteiger partial charge in [0.25, 0.3) is 16.8 Å². The van der Waals surface area contributed by atoms with Gasteiger partial charge in [0.15, 0.2) is 5.75 Å². The van der Waals surface area contributed by atoms with Crippen molar-refractivity contribution >= 4 is 28.8 Å². The molecular weight excluding hydrogens is 498 g/mol. The van der Waals surface area contributed by atoms with Gasteiger partial charge in [-0.3, -0.25) is 19.3 Å². The van der Waals surface area contributed by atoms with E-state index < -0.39 is 10.9 Å². The highest BCUT2D eigenvalue weighted by Gasteiger charge is 2.30. The summed E-state index contributed by atoms with van der Waals surface area (Å²) in [5.41, 5.74) is 0.139. The SMILES string of the molecule is CC[C@@H](Nc1c(Nc2cccc(C(=O)N3CCN(c4cccc[n+]4O)CC3)c2O)c(=O)c1=O)c1ccccc1. The minimum atomic E-state index is -0.685. The predicted molar refractivity (Wildman–Crippen MR) is 148 cm³/mol. The number of rotatable bonds is 8. The van der Waals surface area contributed by atoms with Crippen LogP contribution in [0.15, 0.2) is 82.5 Å². The number of nitrogens with one attached hydrogen (secondary N) is 2. The van der Waals surface area contributed by atoms with Gasteiger partial charge in [0.1, 0.15) is 30.7 Å². The number of pyridine rings is 1. The Bertz CT molecular complexity index is 1560. The summed E-state index contributed by atoms with van der Waals surface area (Å²) in [6.07, 6.45) is 2.23. The third-order valence-electron chi connectivity index (χ3n) is 7.07. The molecule has 3 aromatic carbocycles. The number of carbonyl (C=O) groups is 1. The van der Waals surface area contributed by atoms with Crippen molar-refractivity contribution < 1.29 is 19.8 Å². The second-order valence-corrected chi connectivity index (χ2v) is 9.43. The lowest BCUT2D eigenvalue weighted by Gasteiger charge is -2.31. The number of aromatic nitrogens is 1. The average Bonchev–Trinajstić information content (AvgIpc) is 2.98. The smallest absolute Gasteiger partial charge is 0.316 e. The first kappa shape index (κ1) is 25.8. The van der Waals surface area contributed by atoms with Crippen LogP contribution in [-0.4, -0.2) is 47.3 Å². The second kappa shape index (κ2) is 10.9. The van der Waals surface area contributed by atoms with E-state index in [1.165, 1.54) is 6.07 Å². The van der Waals surface area contributed by atoms with Crippen LogP contribution >= 0.6 is 0 Å². The van der Waals surface area contributed by atoms with Gasteiger partial charge < -0.3 is 25.8 Å². The number of hydrogen-bond acceptors (Lipinski definition) is 8. The molecule has 0 radical (unpaired) electrons. The van der Waals surface area contributed by atoms with Crippen LogP contribution in [0.3, 0.4) is 0 Å². The van der Waals surface area contributed by atoms with Crippen molar-refractivity contribution in [3.63, 3.8) is 0 Å². The zero-order valence-electron chi connectivity index (χ0n) is 21.5. The van der Waals surface area contributed by atoms with Gasteiger partial charge in [-0.1, -0.05) is 54.1 Å². The maximum atomic E-state index is 13.3. The molecule has 0 spiro atoms. The number of amides is 1. The summed E-state index contributed by atoms with van der Waals surface area (Å²) in [6.45, 7) is 3.79. The van der Waals surface area contributed by atoms with Crippen molar-refractivity contribution in [1.82, 2.24) is 4.90 Å². The summed E-state index contributed by atoms with van der Waals surface area (Å²) < 4.78 is 1.05. The van der Waals surface area contributed by atoms with Gasteiger partial charge in [0.05, 0.1) is 30.4 Å². The second-order valence-electron chi connectivity index (χ2n) is 9.43. The van der Waals surface area contributed by atoms with E-state index in [4.69, 9.17) is 0 Å². The van der Waals surface area contributed by atoms with Crippen molar-refractivity contribution in [2.75, 3.05) is 41.7 Å². The molecule has 1 atom stereocenters. The van der Waals surface area contributed by atoms with Crippen LogP contribution < -0.4 is 31.1 Å². The zero-order valence-corrected chi connectivity index (χ0v) is 21.5. The van der Waals surface area contributed by atoms with Gasteiger partial charge in [-0.15, -0.1) is 0 Å². The first-order valence-electron chi connectivity index (χ1n) is 12.9. The number of benzene rings is 2. The molecule has 4 N–H and O–H groups in total. The number of aromatic hydroxyl groups is 1. The number of hydrogen-bond donors (Lipinski definition) is 4. The Balaban J connectivity index is 1.31. The minimum absolute atomic E-state index is 0.0584. The number of phenolic OH excluding ortho intramolecular Hbond substituents is 1. The number of carbonyl (C=O) groups excluding carboxylic acids is 1. The normalized spacial score (nSPS) is 14.3. The lowest BCUT2D eigenvalue weighted by Crippen LogP contribution is -2.52. The molecule has 5 rings (SSSR count). The van der Waals surface area contributed by atoms with E-state index in [1.54, 1.807) is 35.4 Å². The predicted octanol–water partition coefficient (Wildman–Crippen LogP) is 2.78. The topological polar surface area (TPSA) is 126 Å². The molecule has 0 unspecified atom stereocenters. The van der Waals surface area contributed by atoms with Crippen LogP contribution in [0.25, 0.3) is 0 Å². The molecular formula is C29H30N5O5+. The third-order valence-corrected chi connectivity index (χ3v) is 7.07. The van der Waals surface area contributed by atoms with Crippen LogP contribution in [0.4, 0.5) is 22.9 Å². The number of piperazine rings is 1. The average molecular weight is 529 g/mol. The van der Waals surface area contributed by atoms with Gasteiger partial charge in [0.2, 0.25) is 0 Å². The van der Waals surface area contributed by atoms with E-state index >= 15 is 0 Å². The quantitative estimate of drug-likeness (QED) is 0.119. The van der Waals surface area contributed by atoms with Crippen LogP contribution in [0.2, 0.25) is 0 Å². The number of phenols is 1. The van der Waals surface area contributed by atoms with Crippen LogP contribution in [0.1, 0.15) is 35.3 Å². The van der Waals surface area contributed by atoms with Crippen molar-refractivity contribution in [1.29, 1.82) is 0 Å². The Morgan fingerprint density at radius 3 is 2.31 bits per heavy atom. The summed E-state index contributed by atoms with van der Waals surface area (Å²) in [6, 6.07) is 19.5. The van der Waals surface area contributed by atoms with Gasteiger partial charge in [-0.25, -0.2) is 0 Å². The van der Waals surface area contributed by atoms with Crippen LogP contribution in [-0.2, 0) is 0 Å². The fourth-order valence-corrected chi connectivity index (χ4v) is 4.87. The maximum absolute atomic E-state index is 13.3. The van der Waals surface area contributed by atoms with Crippen molar-refractivity contribution in [3.05, 3.63) is 105 Å². The number of para-hydroxylation sites is 1. The highest BCUT2D eigenvalue weighted by Crippen LogP contribution is 2.33. The van der Waals surface area contributed by atoms with E-state index in [9.17, 15) is 24.7 Å². The Labute approximate surface area is 225 Å². The Kier molecular flexibility index (Phi) is 7.18. The van der Waals surface area contributed by atoms with Crippen LogP contribution in [0.5, 0.6) is 5.75 Å². The third kappa shape index (κ3) is 5.00. The fourth-order valence-electron chi connectivity index (χ4n) is 4.87. The van der Waals surface area contributed by atoms with Crippen molar-refractivity contribution in [3.8, 4) is 5.75 Å². The lowest BCUT2D eigenvalue weighted by molar-refractivity contribution is -0.894. The molecule has 0 bridgehead atoms. The van der Waals surface area contributed by atoms with Crippen LogP contribution in [0, 0.1) is 0 Å². The fraction of sp³-hybridized carbons (Fsp3) is 0.241. The first-order valence-corrected chi connectivity index (χ1v) is 12.9. The minimum Gasteiger partial charge on any atom is -0.505 e. The summed E-state index contributed by atoms with van der Waals surface area (Å²) in [5, 5.41) is 27.1. The molecule has 1 aromatic heterocycles. The molecule has 200 valence electrons. The van der Waals surface area contributed by atoms with E-state index in [0.29, 0.717) is 38.4 Å². The summed E-state index contributed by atoms with van der Waals surface area (Å²) in [5.74, 6) is -0.0110. The maximum Gasteiger partial charge on any atom is 0.316 e. The molecule has 1 fully saturated rings. The zero-order chi connectivity index (χ0) is 27.5. The van der Waals surface area contributed by atoms with E-state index in [0.717, 1.165) is 10.3 Å². The molecule has 10 nitrogen and oxygen atoms in total. The Morgan fingerprint density at radius 2 is 1.62 bits per heavy atom. The van der Waals surface area contributed by atoms with Gasteiger partial charge in [-0.05, 0) is 30.2 Å². The highest BCUT2D eigenvalue weighted by molar-refractivity contribution is 5.99. The lowest BCUT2D eigenvalue weighted by atomic mass is 10.0. The largest absolute Gasteiger partial charge is 0.505 e. The molecule has 1 aliphatic heterocycles. The van der Waals surface area contributed by atoms with E-state index in [-0.39, 0.29) is 40.3 Å². The Hall–Kier alpha value is -4.86. The summed E-state index contributed by atoms with van der Waals surface area (Å²) in [4.78, 5) is 41.7. The van der Waals surface area contributed by atoms with Gasteiger partial charge in [0, 0.05) is 6.07 Å². The molecule has 1 amide bonds. The highest BCUT2D eigenvalue weighted by atomic mass is 16.5. The van der Waals surface area contributed by atoms with E-state index in [1.807, 2.05) is 48.2 Å². The standard InChI is InChI=1S/C29H29N5O5/c1-2-21(19-9-4-3-5-10-19)30-24-25(28(37)27(24)36)31-22-12-8-11-20(26(22)35)29(38)33-17-15-32(16-18-33)23-13-6-7-14-34(23)39/h3-14,21H,2,15-18H2,1H3,(H3-,30,31,35,36,37,38,39)/p+1/t21-/m1/s1. The molecule has 0 saturated carbocycles. The summed E-state index contributed by atoms with van der Waals surface area (Å²) >= 11 is 0. The monoisotopic (exact) mass is 528 g/mol. The molecule has 39 heavy (non-hydrogen) atoms. The summed E-state index contributed by atoms with van der Waals surface area (Å²) in [7, 11) is 0. The number of anilines is 4. The molecule has 10 heteroatoms. The van der Waals surface area contributed by atoms with Crippen molar-refractivity contribution in [2.45, 2.75) is 19.4 Å². The molecule has 1 saturated heterocycles. The molecule has 0 aliphatic carbocycles. The Morgan fingerprint density at radius 1 is 0.923 bits per heavy atom. The molecule has 1 aliphatic rings. The number of nitrogens with zero attached hydrogens (tertiary/aromatic N) is 3. The van der Waals surface area contributed by atoms with Gasteiger partial charge in [-0.2, -0.15) is 0 Å². The molecule has 4 aromatic rings. The van der Waals surface area contributed by atoms with Crippen molar-refractivity contribution in [2.24, 2.45) is 0 Å². The van der Waals surface area contributed by atoms with Gasteiger partial charge >= 0.3 is 5.82 Å². The molecule has 2 heterocycles. The first-order chi connectivity index (χ1) is 18.9. The van der Waals surface area contributed by atoms with E-state index in [2.05, 4.69) is 10.6 Å².